The number of amides is 1. The molecule has 1 aliphatic rings. The molecule has 5 nitrogen and oxygen atoms in total. The topological polar surface area (TPSA) is 58.4 Å². The Kier molecular flexibility index (Phi) is 3.47. The van der Waals surface area contributed by atoms with Crippen LogP contribution in [0.2, 0.25) is 0 Å². The maximum absolute atomic E-state index is 12.0. The van der Waals surface area contributed by atoms with Gasteiger partial charge in [-0.15, -0.1) is 0 Å². The fourth-order valence-corrected chi connectivity index (χ4v) is 1.98. The molecule has 17 heavy (non-hydrogen) atoms. The van der Waals surface area contributed by atoms with Gasteiger partial charge in [0.05, 0.1) is 17.9 Å². The lowest BCUT2D eigenvalue weighted by molar-refractivity contribution is 0.00583. The molecule has 1 fully saturated rings. The largest absolute Gasteiger partial charge is 0.389 e. The second kappa shape index (κ2) is 4.87. The van der Waals surface area contributed by atoms with Crippen molar-refractivity contribution < 1.29 is 9.90 Å². The Morgan fingerprint density at radius 1 is 1.59 bits per heavy atom. The normalized spacial score (nSPS) is 16.1. The fraction of sp³-hybridized carbons (Fsp3) is 0.667. The fourth-order valence-electron chi connectivity index (χ4n) is 1.98. The van der Waals surface area contributed by atoms with Crippen LogP contribution in [0.3, 0.4) is 0 Å². The lowest BCUT2D eigenvalue weighted by Crippen LogP contribution is -2.53. The minimum absolute atomic E-state index is 0.0180. The summed E-state index contributed by atoms with van der Waals surface area (Å²) in [5.74, 6) is -0.0180. The Morgan fingerprint density at radius 3 is 2.88 bits per heavy atom. The molecule has 0 bridgehead atoms. The molecule has 0 saturated carbocycles. The van der Waals surface area contributed by atoms with Crippen LogP contribution in [0.4, 0.5) is 0 Å². The van der Waals surface area contributed by atoms with E-state index in [1.54, 1.807) is 11.1 Å². The van der Waals surface area contributed by atoms with Gasteiger partial charge < -0.3 is 10.0 Å². The van der Waals surface area contributed by atoms with Gasteiger partial charge in [0.1, 0.15) is 0 Å². The molecule has 0 unspecified atom stereocenters. The van der Waals surface area contributed by atoms with Crippen LogP contribution in [0, 0.1) is 6.92 Å². The van der Waals surface area contributed by atoms with E-state index in [4.69, 9.17) is 0 Å². The lowest BCUT2D eigenvalue weighted by Gasteiger charge is -2.35. The molecule has 94 valence electrons. The molecular weight excluding hydrogens is 218 g/mol. The first-order valence-corrected chi connectivity index (χ1v) is 6.13. The highest BCUT2D eigenvalue weighted by molar-refractivity contribution is 5.95. The zero-order chi connectivity index (χ0) is 12.4. The molecule has 0 aliphatic carbocycles. The molecule has 0 radical (unpaired) electrons. The Balaban J connectivity index is 2.05. The number of aromatic nitrogens is 2. The zero-order valence-corrected chi connectivity index (χ0v) is 10.4. The van der Waals surface area contributed by atoms with E-state index < -0.39 is 0 Å². The molecule has 1 aromatic heterocycles. The Bertz CT molecular complexity index is 408. The summed E-state index contributed by atoms with van der Waals surface area (Å²) in [6, 6.07) is 0. The number of likely N-dealkylation sites (tertiary alicyclic amines) is 1. The predicted molar refractivity (Wildman–Crippen MR) is 63.8 cm³/mol. The number of unbranched alkanes of at least 4 members (excludes halogenated alkanes) is 1. The van der Waals surface area contributed by atoms with Crippen LogP contribution >= 0.6 is 0 Å². The SMILES string of the molecule is CCCCn1ncc(C(=O)N2CC(O)C2)c1C. The summed E-state index contributed by atoms with van der Waals surface area (Å²) in [7, 11) is 0. The molecule has 1 N–H and O–H groups in total. The van der Waals surface area contributed by atoms with Gasteiger partial charge in [0.15, 0.2) is 0 Å². The van der Waals surface area contributed by atoms with Crippen LogP contribution in [0.25, 0.3) is 0 Å². The van der Waals surface area contributed by atoms with E-state index in [-0.39, 0.29) is 12.0 Å². The Hall–Kier alpha value is -1.36. The van der Waals surface area contributed by atoms with Crippen molar-refractivity contribution in [2.45, 2.75) is 39.3 Å². The summed E-state index contributed by atoms with van der Waals surface area (Å²) in [5, 5.41) is 13.4. The first kappa shape index (κ1) is 12.1. The van der Waals surface area contributed by atoms with Crippen molar-refractivity contribution in [1.82, 2.24) is 14.7 Å². The van der Waals surface area contributed by atoms with E-state index in [1.807, 2.05) is 11.6 Å². The van der Waals surface area contributed by atoms with Crippen molar-refractivity contribution in [3.8, 4) is 0 Å². The maximum Gasteiger partial charge on any atom is 0.257 e. The second-order valence-electron chi connectivity index (χ2n) is 4.58. The molecule has 0 spiro atoms. The molecule has 2 heterocycles. The van der Waals surface area contributed by atoms with Gasteiger partial charge >= 0.3 is 0 Å². The Labute approximate surface area is 101 Å². The van der Waals surface area contributed by atoms with Crippen LogP contribution in [0.1, 0.15) is 35.8 Å². The highest BCUT2D eigenvalue weighted by Crippen LogP contribution is 2.16. The number of aryl methyl sites for hydroxylation is 1. The van der Waals surface area contributed by atoms with E-state index >= 15 is 0 Å². The highest BCUT2D eigenvalue weighted by Gasteiger charge is 2.31. The van der Waals surface area contributed by atoms with Gasteiger partial charge in [-0.1, -0.05) is 13.3 Å². The van der Waals surface area contributed by atoms with Crippen molar-refractivity contribution in [3.63, 3.8) is 0 Å². The van der Waals surface area contributed by atoms with Crippen molar-refractivity contribution in [2.24, 2.45) is 0 Å². The molecule has 1 saturated heterocycles. The third kappa shape index (κ3) is 2.34. The van der Waals surface area contributed by atoms with Gasteiger partial charge in [0.25, 0.3) is 5.91 Å². The first-order chi connectivity index (χ1) is 8.13. The average Bonchev–Trinajstić information content (AvgIpc) is 2.63. The van der Waals surface area contributed by atoms with Gasteiger partial charge in [0, 0.05) is 25.3 Å². The minimum Gasteiger partial charge on any atom is -0.389 e. The van der Waals surface area contributed by atoms with E-state index in [2.05, 4.69) is 12.0 Å². The number of carbonyl (C=O) groups is 1. The van der Waals surface area contributed by atoms with Crippen LogP contribution in [0.15, 0.2) is 6.20 Å². The number of carbonyl (C=O) groups excluding carboxylic acids is 1. The average molecular weight is 237 g/mol. The minimum atomic E-state index is -0.352. The summed E-state index contributed by atoms with van der Waals surface area (Å²) in [5.41, 5.74) is 1.58. The molecule has 2 rings (SSSR count). The summed E-state index contributed by atoms with van der Waals surface area (Å²) in [4.78, 5) is 13.7. The monoisotopic (exact) mass is 237 g/mol. The first-order valence-electron chi connectivity index (χ1n) is 6.13. The van der Waals surface area contributed by atoms with Crippen LogP contribution in [0.5, 0.6) is 0 Å². The number of aliphatic hydroxyl groups is 1. The highest BCUT2D eigenvalue weighted by atomic mass is 16.3. The van der Waals surface area contributed by atoms with Gasteiger partial charge in [-0.05, 0) is 13.3 Å². The summed E-state index contributed by atoms with van der Waals surface area (Å²) >= 11 is 0. The zero-order valence-electron chi connectivity index (χ0n) is 10.4. The Morgan fingerprint density at radius 2 is 2.29 bits per heavy atom. The van der Waals surface area contributed by atoms with Crippen molar-refractivity contribution in [3.05, 3.63) is 17.5 Å². The molecule has 5 heteroatoms. The van der Waals surface area contributed by atoms with Crippen molar-refractivity contribution in [1.29, 1.82) is 0 Å². The quantitative estimate of drug-likeness (QED) is 0.843. The number of rotatable bonds is 4. The third-order valence-corrected chi connectivity index (χ3v) is 3.21. The van der Waals surface area contributed by atoms with E-state index in [9.17, 15) is 9.90 Å². The maximum atomic E-state index is 12.0. The number of nitrogens with zero attached hydrogens (tertiary/aromatic N) is 3. The molecule has 1 aliphatic heterocycles. The second-order valence-corrected chi connectivity index (χ2v) is 4.58. The lowest BCUT2D eigenvalue weighted by atomic mass is 10.1. The smallest absolute Gasteiger partial charge is 0.257 e. The molecular formula is C12H19N3O2. The summed E-state index contributed by atoms with van der Waals surface area (Å²) < 4.78 is 1.88. The van der Waals surface area contributed by atoms with Gasteiger partial charge in [0.2, 0.25) is 0 Å². The molecule has 0 aromatic carbocycles. The number of β-amino-alcohol motifs (C(OH)–C–C–N with tert-alkyl or cyclic N) is 1. The number of aliphatic hydroxyl groups excluding tert-OH is 1. The predicted octanol–water partition coefficient (Wildman–Crippen LogP) is 0.808. The molecule has 1 amide bonds. The summed E-state index contributed by atoms with van der Waals surface area (Å²) in [6.07, 6.45) is 3.46. The van der Waals surface area contributed by atoms with Crippen LogP contribution in [-0.4, -0.2) is 44.9 Å². The third-order valence-electron chi connectivity index (χ3n) is 3.21. The van der Waals surface area contributed by atoms with Gasteiger partial charge in [-0.25, -0.2) is 0 Å². The number of hydrogen-bond acceptors (Lipinski definition) is 3. The summed E-state index contributed by atoms with van der Waals surface area (Å²) in [6.45, 7) is 5.80. The van der Waals surface area contributed by atoms with Gasteiger partial charge in [-0.3, -0.25) is 9.48 Å². The number of hydrogen-bond donors (Lipinski definition) is 1. The molecule has 0 atom stereocenters. The van der Waals surface area contributed by atoms with E-state index in [0.717, 1.165) is 25.1 Å². The standard InChI is InChI=1S/C12H19N3O2/c1-3-4-5-15-9(2)11(6-13-15)12(17)14-7-10(16)8-14/h6,10,16H,3-5,7-8H2,1-2H3. The van der Waals surface area contributed by atoms with Crippen LogP contribution in [-0.2, 0) is 6.54 Å². The van der Waals surface area contributed by atoms with Gasteiger partial charge in [-0.2, -0.15) is 5.10 Å². The van der Waals surface area contributed by atoms with Crippen molar-refractivity contribution >= 4 is 5.91 Å². The van der Waals surface area contributed by atoms with Crippen molar-refractivity contribution in [2.75, 3.05) is 13.1 Å². The molecule has 1 aromatic rings. The van der Waals surface area contributed by atoms with E-state index in [1.165, 1.54) is 0 Å². The van der Waals surface area contributed by atoms with Crippen LogP contribution < -0.4 is 0 Å². The van der Waals surface area contributed by atoms with E-state index in [0.29, 0.717) is 18.7 Å².